The van der Waals surface area contributed by atoms with E-state index in [2.05, 4.69) is 13.8 Å². The minimum absolute atomic E-state index is 0.0926. The summed E-state index contributed by atoms with van der Waals surface area (Å²) in [7, 11) is 0. The van der Waals surface area contributed by atoms with Gasteiger partial charge in [-0.15, -0.1) is 0 Å². The van der Waals surface area contributed by atoms with Gasteiger partial charge >= 0.3 is 0 Å². The zero-order valence-electron chi connectivity index (χ0n) is 9.21. The van der Waals surface area contributed by atoms with E-state index in [9.17, 15) is 0 Å². The van der Waals surface area contributed by atoms with Gasteiger partial charge in [-0.1, -0.05) is 0 Å². The molecule has 2 rings (SSSR count). The predicted octanol–water partition coefficient (Wildman–Crippen LogP) is 1.45. The Kier molecular flexibility index (Phi) is 2.58. The summed E-state index contributed by atoms with van der Waals surface area (Å²) in [5, 5.41) is 0. The number of nitrogens with two attached hydrogens (primary N) is 1. The fourth-order valence-corrected chi connectivity index (χ4v) is 2.61. The molecule has 3 atom stereocenters. The summed E-state index contributed by atoms with van der Waals surface area (Å²) in [6.07, 6.45) is 4.72. The maximum atomic E-state index is 6.12. The molecule has 0 aromatic heterocycles. The quantitative estimate of drug-likeness (QED) is 0.732. The van der Waals surface area contributed by atoms with Crippen LogP contribution >= 0.6 is 0 Å². The lowest BCUT2D eigenvalue weighted by Gasteiger charge is -2.33. The van der Waals surface area contributed by atoms with E-state index in [4.69, 9.17) is 15.2 Å². The summed E-state index contributed by atoms with van der Waals surface area (Å²) in [5.74, 6) is 0. The number of ether oxygens (including phenoxy) is 2. The maximum absolute atomic E-state index is 6.12. The smallest absolute Gasteiger partial charge is 0.0924 e. The lowest BCUT2D eigenvalue weighted by molar-refractivity contribution is -0.141. The highest BCUT2D eigenvalue weighted by Crippen LogP contribution is 2.42. The standard InChI is InChI=1S/C11H21NO2/c1-10(8-12)5-6-11(2,14-10)9-4-3-7-13-9/h9H,3-8,12H2,1-2H3. The first kappa shape index (κ1) is 10.4. The van der Waals surface area contributed by atoms with Crippen molar-refractivity contribution in [2.75, 3.05) is 13.2 Å². The van der Waals surface area contributed by atoms with E-state index in [-0.39, 0.29) is 17.3 Å². The summed E-state index contributed by atoms with van der Waals surface area (Å²) in [4.78, 5) is 0. The van der Waals surface area contributed by atoms with Crippen molar-refractivity contribution < 1.29 is 9.47 Å². The Morgan fingerprint density at radius 3 is 2.64 bits per heavy atom. The third-order valence-corrected chi connectivity index (χ3v) is 3.67. The van der Waals surface area contributed by atoms with Crippen molar-refractivity contribution in [3.8, 4) is 0 Å². The molecule has 0 spiro atoms. The van der Waals surface area contributed by atoms with E-state index in [0.29, 0.717) is 6.54 Å². The molecule has 82 valence electrons. The van der Waals surface area contributed by atoms with Gasteiger partial charge in [-0.3, -0.25) is 0 Å². The fourth-order valence-electron chi connectivity index (χ4n) is 2.61. The lowest BCUT2D eigenvalue weighted by atomic mass is 9.92. The van der Waals surface area contributed by atoms with Crippen molar-refractivity contribution in [1.29, 1.82) is 0 Å². The second-order valence-electron chi connectivity index (χ2n) is 5.07. The second kappa shape index (κ2) is 3.47. The molecule has 2 aliphatic rings. The van der Waals surface area contributed by atoms with Gasteiger partial charge in [0.25, 0.3) is 0 Å². The summed E-state index contributed by atoms with van der Waals surface area (Å²) in [6.45, 7) is 5.77. The molecule has 2 heterocycles. The first-order valence-corrected chi connectivity index (χ1v) is 5.60. The molecule has 3 heteroatoms. The average molecular weight is 199 g/mol. The maximum Gasteiger partial charge on any atom is 0.0924 e. The highest BCUT2D eigenvalue weighted by Gasteiger charge is 2.48. The molecule has 2 N–H and O–H groups in total. The molecule has 0 aromatic rings. The Bertz CT molecular complexity index is 215. The van der Waals surface area contributed by atoms with Gasteiger partial charge < -0.3 is 15.2 Å². The van der Waals surface area contributed by atoms with Crippen molar-refractivity contribution in [2.45, 2.75) is 56.8 Å². The van der Waals surface area contributed by atoms with Crippen molar-refractivity contribution in [3.63, 3.8) is 0 Å². The van der Waals surface area contributed by atoms with E-state index in [1.807, 2.05) is 0 Å². The third-order valence-electron chi connectivity index (χ3n) is 3.67. The van der Waals surface area contributed by atoms with Gasteiger partial charge in [0.1, 0.15) is 0 Å². The van der Waals surface area contributed by atoms with Crippen LogP contribution in [0.15, 0.2) is 0 Å². The molecule has 0 aliphatic carbocycles. The van der Waals surface area contributed by atoms with E-state index in [1.165, 1.54) is 6.42 Å². The van der Waals surface area contributed by atoms with Gasteiger partial charge in [-0.05, 0) is 39.5 Å². The van der Waals surface area contributed by atoms with E-state index in [0.717, 1.165) is 25.9 Å². The van der Waals surface area contributed by atoms with Crippen LogP contribution in [0, 0.1) is 0 Å². The Balaban J connectivity index is 2.04. The molecule has 14 heavy (non-hydrogen) atoms. The van der Waals surface area contributed by atoms with Crippen LogP contribution in [0.2, 0.25) is 0 Å². The molecule has 0 radical (unpaired) electrons. The molecular formula is C11H21NO2. The number of hydrogen-bond acceptors (Lipinski definition) is 3. The molecule has 2 aliphatic heterocycles. The third kappa shape index (κ3) is 1.69. The minimum Gasteiger partial charge on any atom is -0.375 e. The van der Waals surface area contributed by atoms with Gasteiger partial charge in [0.05, 0.1) is 17.3 Å². The van der Waals surface area contributed by atoms with Gasteiger partial charge in [-0.25, -0.2) is 0 Å². The van der Waals surface area contributed by atoms with E-state index in [1.54, 1.807) is 0 Å². The van der Waals surface area contributed by atoms with Gasteiger partial charge in [0.2, 0.25) is 0 Å². The highest BCUT2D eigenvalue weighted by molar-refractivity contribution is 4.98. The number of rotatable bonds is 2. The van der Waals surface area contributed by atoms with Crippen LogP contribution in [-0.4, -0.2) is 30.5 Å². The van der Waals surface area contributed by atoms with Crippen molar-refractivity contribution in [2.24, 2.45) is 5.73 Å². The van der Waals surface area contributed by atoms with Gasteiger partial charge in [0, 0.05) is 13.2 Å². The average Bonchev–Trinajstić information content (AvgIpc) is 2.75. The van der Waals surface area contributed by atoms with Crippen LogP contribution < -0.4 is 5.73 Å². The zero-order chi connectivity index (χ0) is 10.2. The molecular weight excluding hydrogens is 178 g/mol. The van der Waals surface area contributed by atoms with Crippen LogP contribution in [0.1, 0.15) is 39.5 Å². The summed E-state index contributed by atoms with van der Waals surface area (Å²) in [6, 6.07) is 0. The SMILES string of the molecule is CC1(CN)CCC(C)(C2CCCO2)O1. The predicted molar refractivity (Wildman–Crippen MR) is 55.2 cm³/mol. The Labute approximate surface area is 85.9 Å². The first-order valence-electron chi connectivity index (χ1n) is 5.60. The molecule has 3 unspecified atom stereocenters. The van der Waals surface area contributed by atoms with Crippen molar-refractivity contribution >= 4 is 0 Å². The normalized spacial score (nSPS) is 48.6. The van der Waals surface area contributed by atoms with Crippen LogP contribution in [0.5, 0.6) is 0 Å². The molecule has 0 saturated carbocycles. The lowest BCUT2D eigenvalue weighted by Crippen LogP contribution is -2.43. The van der Waals surface area contributed by atoms with Crippen LogP contribution in [-0.2, 0) is 9.47 Å². The highest BCUT2D eigenvalue weighted by atomic mass is 16.6. The summed E-state index contributed by atoms with van der Waals surface area (Å²) < 4.78 is 11.8. The number of hydrogen-bond donors (Lipinski definition) is 1. The van der Waals surface area contributed by atoms with E-state index >= 15 is 0 Å². The van der Waals surface area contributed by atoms with E-state index < -0.39 is 0 Å². The summed E-state index contributed by atoms with van der Waals surface area (Å²) in [5.41, 5.74) is 5.51. The van der Waals surface area contributed by atoms with Gasteiger partial charge in [0.15, 0.2) is 0 Å². The van der Waals surface area contributed by atoms with Gasteiger partial charge in [-0.2, -0.15) is 0 Å². The molecule has 0 bridgehead atoms. The van der Waals surface area contributed by atoms with Crippen LogP contribution in [0.25, 0.3) is 0 Å². The minimum atomic E-state index is -0.124. The molecule has 0 aromatic carbocycles. The molecule has 2 fully saturated rings. The molecule has 3 nitrogen and oxygen atoms in total. The van der Waals surface area contributed by atoms with Crippen molar-refractivity contribution in [1.82, 2.24) is 0 Å². The second-order valence-corrected chi connectivity index (χ2v) is 5.07. The topological polar surface area (TPSA) is 44.5 Å². The zero-order valence-corrected chi connectivity index (χ0v) is 9.21. The Morgan fingerprint density at radius 1 is 1.36 bits per heavy atom. The van der Waals surface area contributed by atoms with Crippen molar-refractivity contribution in [3.05, 3.63) is 0 Å². The van der Waals surface area contributed by atoms with Crippen LogP contribution in [0.4, 0.5) is 0 Å². The first-order chi connectivity index (χ1) is 6.58. The summed E-state index contributed by atoms with van der Waals surface area (Å²) >= 11 is 0. The molecule has 2 saturated heterocycles. The fraction of sp³-hybridized carbons (Fsp3) is 1.00. The molecule has 0 amide bonds. The van der Waals surface area contributed by atoms with Crippen LogP contribution in [0.3, 0.4) is 0 Å². The Hall–Kier alpha value is -0.120. The monoisotopic (exact) mass is 199 g/mol. The Morgan fingerprint density at radius 2 is 2.14 bits per heavy atom. The largest absolute Gasteiger partial charge is 0.375 e.